The molecule has 6 heteroatoms. The zero-order valence-corrected chi connectivity index (χ0v) is 19.2. The summed E-state index contributed by atoms with van der Waals surface area (Å²) in [7, 11) is 1.61. The second kappa shape index (κ2) is 9.21. The average molecular weight is 459 g/mol. The number of hydrogen-bond donors (Lipinski definition) is 2. The lowest BCUT2D eigenvalue weighted by Gasteiger charge is -2.30. The molecular weight excluding hydrogens is 431 g/mol. The molecule has 0 radical (unpaired) electrons. The number of benzene rings is 3. The molecule has 2 N–H and O–H groups in total. The summed E-state index contributed by atoms with van der Waals surface area (Å²) in [6.45, 7) is 2.47. The number of ketones is 1. The molecule has 34 heavy (non-hydrogen) atoms. The molecule has 0 fully saturated rings. The van der Waals surface area contributed by atoms with Gasteiger partial charge in [-0.2, -0.15) is 0 Å². The van der Waals surface area contributed by atoms with E-state index in [9.17, 15) is 9.18 Å². The minimum Gasteiger partial charge on any atom is -0.493 e. The Kier molecular flexibility index (Phi) is 5.97. The molecule has 3 aromatic carbocycles. The number of carbonyl (C=O) groups excluding carboxylic acids is 1. The predicted octanol–water partition coefficient (Wildman–Crippen LogP) is 6.21. The van der Waals surface area contributed by atoms with Gasteiger partial charge >= 0.3 is 0 Å². The van der Waals surface area contributed by atoms with Crippen molar-refractivity contribution >= 4 is 17.2 Å². The molecule has 0 unspecified atom stereocenters. The van der Waals surface area contributed by atoms with Crippen molar-refractivity contribution in [3.8, 4) is 11.5 Å². The fraction of sp³-hybridized carbons (Fsp3) is 0.250. The third-order valence-corrected chi connectivity index (χ3v) is 6.48. The number of fused-ring (bicyclic) bond motifs is 1. The van der Waals surface area contributed by atoms with E-state index in [2.05, 4.69) is 10.6 Å². The number of nitrogens with one attached hydrogen (secondary N) is 2. The highest BCUT2D eigenvalue weighted by molar-refractivity contribution is 6.01. The molecule has 174 valence electrons. The van der Waals surface area contributed by atoms with Gasteiger partial charge < -0.3 is 20.1 Å². The normalized spacial score (nSPS) is 19.3. The van der Waals surface area contributed by atoms with Crippen molar-refractivity contribution in [2.45, 2.75) is 31.7 Å². The van der Waals surface area contributed by atoms with Crippen LogP contribution in [-0.4, -0.2) is 19.5 Å². The Bertz CT molecular complexity index is 1270. The van der Waals surface area contributed by atoms with Crippen molar-refractivity contribution in [1.29, 1.82) is 0 Å². The SMILES string of the molecule is CCOc1ccc([C@H]2CC(=O)C3=C(C2)Nc2ccccc2N[C@@H]3c2ccccc2F)cc1OC. The first-order valence-electron chi connectivity index (χ1n) is 11.5. The van der Waals surface area contributed by atoms with E-state index in [1.54, 1.807) is 25.3 Å². The predicted molar refractivity (Wildman–Crippen MR) is 131 cm³/mol. The number of Topliss-reactive ketones (excluding diaryl/α,β-unsaturated/α-hetero) is 1. The van der Waals surface area contributed by atoms with E-state index in [0.717, 1.165) is 22.6 Å². The molecule has 1 heterocycles. The monoisotopic (exact) mass is 458 g/mol. The van der Waals surface area contributed by atoms with Crippen LogP contribution in [0.25, 0.3) is 0 Å². The molecule has 0 saturated carbocycles. The maximum atomic E-state index is 14.9. The molecule has 0 spiro atoms. The van der Waals surface area contributed by atoms with Gasteiger partial charge in [-0.15, -0.1) is 0 Å². The Balaban J connectivity index is 1.57. The van der Waals surface area contributed by atoms with E-state index in [1.165, 1.54) is 6.07 Å². The van der Waals surface area contributed by atoms with Crippen LogP contribution in [0.4, 0.5) is 15.8 Å². The highest BCUT2D eigenvalue weighted by Gasteiger charge is 2.37. The van der Waals surface area contributed by atoms with E-state index in [0.29, 0.717) is 42.1 Å². The summed E-state index contributed by atoms with van der Waals surface area (Å²) in [6.07, 6.45) is 0.958. The quantitative estimate of drug-likeness (QED) is 0.476. The lowest BCUT2D eigenvalue weighted by molar-refractivity contribution is -0.116. The Morgan fingerprint density at radius 2 is 1.74 bits per heavy atom. The molecule has 5 rings (SSSR count). The molecule has 1 aliphatic heterocycles. The number of carbonyl (C=O) groups is 1. The number of halogens is 1. The average Bonchev–Trinajstić information content (AvgIpc) is 3.01. The highest BCUT2D eigenvalue weighted by atomic mass is 19.1. The first kappa shape index (κ1) is 22.0. The van der Waals surface area contributed by atoms with Crippen LogP contribution < -0.4 is 20.1 Å². The van der Waals surface area contributed by atoms with E-state index in [4.69, 9.17) is 9.47 Å². The van der Waals surface area contributed by atoms with Crippen molar-refractivity contribution in [1.82, 2.24) is 0 Å². The first-order chi connectivity index (χ1) is 16.6. The Morgan fingerprint density at radius 3 is 2.50 bits per heavy atom. The van der Waals surface area contributed by atoms with Gasteiger partial charge in [-0.25, -0.2) is 4.39 Å². The summed E-state index contributed by atoms with van der Waals surface area (Å²) >= 11 is 0. The Labute approximate surface area is 198 Å². The van der Waals surface area contributed by atoms with E-state index >= 15 is 0 Å². The van der Waals surface area contributed by atoms with Gasteiger partial charge in [0.1, 0.15) is 5.82 Å². The summed E-state index contributed by atoms with van der Waals surface area (Å²) in [4.78, 5) is 13.6. The van der Waals surface area contributed by atoms with Crippen molar-refractivity contribution in [3.05, 3.63) is 94.9 Å². The molecule has 2 atom stereocenters. The van der Waals surface area contributed by atoms with Crippen LogP contribution in [0.1, 0.15) is 42.9 Å². The summed E-state index contributed by atoms with van der Waals surface area (Å²) in [5.74, 6) is 0.963. The van der Waals surface area contributed by atoms with Gasteiger partial charge in [0.05, 0.1) is 31.1 Å². The number of allylic oxidation sites excluding steroid dienone is 1. The fourth-order valence-electron chi connectivity index (χ4n) is 4.88. The molecule has 3 aromatic rings. The minimum absolute atomic E-state index is 0.000149. The Morgan fingerprint density at radius 1 is 0.971 bits per heavy atom. The van der Waals surface area contributed by atoms with Crippen molar-refractivity contribution < 1.29 is 18.7 Å². The zero-order chi connectivity index (χ0) is 23.7. The van der Waals surface area contributed by atoms with Gasteiger partial charge in [-0.1, -0.05) is 36.4 Å². The van der Waals surface area contributed by atoms with Gasteiger partial charge in [-0.3, -0.25) is 4.79 Å². The maximum absolute atomic E-state index is 14.9. The van der Waals surface area contributed by atoms with E-state index in [-0.39, 0.29) is 17.5 Å². The molecule has 1 aliphatic carbocycles. The number of anilines is 2. The molecule has 2 aliphatic rings. The highest BCUT2D eigenvalue weighted by Crippen LogP contribution is 2.45. The fourth-order valence-corrected chi connectivity index (χ4v) is 4.88. The second-order valence-electron chi connectivity index (χ2n) is 8.53. The standard InChI is InChI=1S/C28H27FN2O3/c1-3-34-25-13-12-17(16-26(25)33-2)18-14-23-27(24(32)15-18)28(19-8-4-5-9-20(19)29)31-22-11-7-6-10-21(22)30-23/h4-13,16,18,28,30-31H,3,14-15H2,1-2H3/t18-,28-/m1/s1. The molecule has 0 saturated heterocycles. The number of methoxy groups -OCH3 is 1. The number of hydrogen-bond acceptors (Lipinski definition) is 5. The van der Waals surface area contributed by atoms with Gasteiger partial charge in [0.25, 0.3) is 0 Å². The third-order valence-electron chi connectivity index (χ3n) is 6.48. The van der Waals surface area contributed by atoms with E-state index in [1.807, 2.05) is 49.4 Å². The smallest absolute Gasteiger partial charge is 0.163 e. The second-order valence-corrected chi connectivity index (χ2v) is 8.53. The Hall–Kier alpha value is -3.80. The van der Waals surface area contributed by atoms with Crippen LogP contribution in [0.5, 0.6) is 11.5 Å². The van der Waals surface area contributed by atoms with Gasteiger partial charge in [0.15, 0.2) is 17.3 Å². The number of rotatable bonds is 5. The van der Waals surface area contributed by atoms with Crippen molar-refractivity contribution in [2.24, 2.45) is 0 Å². The maximum Gasteiger partial charge on any atom is 0.163 e. The first-order valence-corrected chi connectivity index (χ1v) is 11.5. The molecule has 0 amide bonds. The van der Waals surface area contributed by atoms with Crippen LogP contribution >= 0.6 is 0 Å². The zero-order valence-electron chi connectivity index (χ0n) is 19.2. The van der Waals surface area contributed by atoms with E-state index < -0.39 is 6.04 Å². The van der Waals surface area contributed by atoms with Crippen molar-refractivity contribution in [2.75, 3.05) is 24.4 Å². The minimum atomic E-state index is -0.573. The van der Waals surface area contributed by atoms with Crippen LogP contribution in [0.3, 0.4) is 0 Å². The largest absolute Gasteiger partial charge is 0.493 e. The van der Waals surface area contributed by atoms with Crippen LogP contribution in [0.2, 0.25) is 0 Å². The lowest BCUT2D eigenvalue weighted by atomic mass is 9.78. The summed E-state index contributed by atoms with van der Waals surface area (Å²) in [5.41, 5.74) is 4.58. The molecule has 0 bridgehead atoms. The van der Waals surface area contributed by atoms with Crippen LogP contribution in [0.15, 0.2) is 78.0 Å². The van der Waals surface area contributed by atoms with Gasteiger partial charge in [0.2, 0.25) is 0 Å². The molecule has 0 aromatic heterocycles. The topological polar surface area (TPSA) is 59.6 Å². The molecular formula is C28H27FN2O3. The van der Waals surface area contributed by atoms with Gasteiger partial charge in [0, 0.05) is 23.3 Å². The summed E-state index contributed by atoms with van der Waals surface area (Å²) < 4.78 is 26.1. The van der Waals surface area contributed by atoms with Crippen LogP contribution in [0, 0.1) is 5.82 Å². The van der Waals surface area contributed by atoms with Crippen molar-refractivity contribution in [3.63, 3.8) is 0 Å². The van der Waals surface area contributed by atoms with Gasteiger partial charge in [-0.05, 0) is 55.2 Å². The lowest BCUT2D eigenvalue weighted by Crippen LogP contribution is -2.27. The summed E-state index contributed by atoms with van der Waals surface area (Å²) in [5, 5.41) is 6.91. The molecule has 5 nitrogen and oxygen atoms in total. The number of ether oxygens (including phenoxy) is 2. The van der Waals surface area contributed by atoms with Crippen LogP contribution in [-0.2, 0) is 4.79 Å². The number of para-hydroxylation sites is 2. The summed E-state index contributed by atoms with van der Waals surface area (Å²) in [6, 6.07) is 19.7. The third kappa shape index (κ3) is 4.00.